The summed E-state index contributed by atoms with van der Waals surface area (Å²) in [5, 5.41) is 9.16. The van der Waals surface area contributed by atoms with Crippen molar-refractivity contribution in [1.29, 1.82) is 0 Å². The molecule has 0 radical (unpaired) electrons. The quantitative estimate of drug-likeness (QED) is 0.269. The van der Waals surface area contributed by atoms with Crippen LogP contribution >= 0.6 is 22.7 Å². The Morgan fingerprint density at radius 1 is 0.536 bits per heavy atom. The molecule has 0 amide bonds. The van der Waals surface area contributed by atoms with Crippen molar-refractivity contribution >= 4 is 55.4 Å². The van der Waals surface area contributed by atoms with Crippen LogP contribution in [0.3, 0.4) is 0 Å². The van der Waals surface area contributed by atoms with Gasteiger partial charge < -0.3 is 0 Å². The summed E-state index contributed by atoms with van der Waals surface area (Å²) in [4.78, 5) is 2.44. The van der Waals surface area contributed by atoms with Crippen LogP contribution in [0.1, 0.15) is 20.9 Å². The predicted molar refractivity (Wildman–Crippen MR) is 126 cm³/mol. The van der Waals surface area contributed by atoms with Crippen molar-refractivity contribution in [2.75, 3.05) is 0 Å². The summed E-state index contributed by atoms with van der Waals surface area (Å²) in [6.07, 6.45) is 0. The van der Waals surface area contributed by atoms with E-state index in [-0.39, 0.29) is 0 Å². The van der Waals surface area contributed by atoms with Crippen LogP contribution < -0.4 is 0 Å². The van der Waals surface area contributed by atoms with Crippen molar-refractivity contribution in [2.24, 2.45) is 0 Å². The van der Waals surface area contributed by atoms with Crippen LogP contribution in [-0.2, 0) is 0 Å². The molecule has 0 unspecified atom stereocenters. The minimum Gasteiger partial charge on any atom is -0.144 e. The van der Waals surface area contributed by atoms with E-state index in [0.29, 0.717) is 0 Å². The minimum absolute atomic E-state index is 1.08. The van der Waals surface area contributed by atoms with Gasteiger partial charge in [-0.2, -0.15) is 0 Å². The average Bonchev–Trinajstić information content (AvgIpc) is 3.44. The fourth-order valence-electron chi connectivity index (χ4n) is 3.56. The molecule has 0 bridgehead atoms. The molecule has 2 aromatic heterocycles. The molecule has 0 aliphatic heterocycles. The lowest BCUT2D eigenvalue weighted by molar-refractivity contribution is 1.65. The molecule has 5 aromatic rings. The van der Waals surface area contributed by atoms with E-state index in [9.17, 15) is 0 Å². The third-order valence-corrected chi connectivity index (χ3v) is 6.99. The van der Waals surface area contributed by atoms with E-state index in [1.807, 2.05) is 0 Å². The summed E-state index contributed by atoms with van der Waals surface area (Å²) in [6, 6.07) is 26.2. The first-order valence-electron chi connectivity index (χ1n) is 9.13. The second kappa shape index (κ2) is 6.90. The summed E-state index contributed by atoms with van der Waals surface area (Å²) < 4.78 is 0. The van der Waals surface area contributed by atoms with E-state index < -0.39 is 0 Å². The van der Waals surface area contributed by atoms with Crippen LogP contribution in [0, 0.1) is 0 Å². The van der Waals surface area contributed by atoms with Gasteiger partial charge in [0.25, 0.3) is 0 Å². The van der Waals surface area contributed by atoms with Crippen molar-refractivity contribution in [3.05, 3.63) is 118 Å². The van der Waals surface area contributed by atoms with Crippen molar-refractivity contribution in [1.82, 2.24) is 0 Å². The largest absolute Gasteiger partial charge is 0.144 e. The van der Waals surface area contributed by atoms with E-state index in [0.717, 1.165) is 11.1 Å². The molecule has 0 aliphatic rings. The molecule has 0 nitrogen and oxygen atoms in total. The number of fused-ring (bicyclic) bond motifs is 2. The normalized spacial score (nSPS) is 11.1. The Hall–Kier alpha value is -2.94. The van der Waals surface area contributed by atoms with Crippen molar-refractivity contribution < 1.29 is 0 Å². The van der Waals surface area contributed by atoms with Gasteiger partial charge in [-0.1, -0.05) is 49.6 Å². The summed E-state index contributed by atoms with van der Waals surface area (Å²) in [7, 11) is 0. The van der Waals surface area contributed by atoms with Gasteiger partial charge in [-0.15, -0.1) is 22.7 Å². The molecule has 2 heterocycles. The highest BCUT2D eigenvalue weighted by molar-refractivity contribution is 7.11. The number of hydrogen-bond donors (Lipinski definition) is 0. The fourth-order valence-corrected chi connectivity index (χ4v) is 5.00. The highest BCUT2D eigenvalue weighted by Gasteiger charge is 2.08. The number of thiophene rings is 2. The molecular weight excluding hydrogens is 376 g/mol. The van der Waals surface area contributed by atoms with Gasteiger partial charge in [-0.3, -0.25) is 0 Å². The minimum atomic E-state index is 1.08. The van der Waals surface area contributed by atoms with E-state index >= 15 is 0 Å². The Morgan fingerprint density at radius 2 is 1.00 bits per heavy atom. The second-order valence-electron chi connectivity index (χ2n) is 6.89. The van der Waals surface area contributed by atoms with E-state index in [1.165, 1.54) is 42.4 Å². The molecule has 0 spiro atoms. The standard InChI is InChI=1S/C26H18S2/c1-17(25-5-3-11-27-25)19-7-9-21-16-24-14-20(18(2)26-6-4-12-28-26)8-10-22(24)15-23(21)13-19/h3-16H,1-2H2. The van der Waals surface area contributed by atoms with Crippen molar-refractivity contribution in [2.45, 2.75) is 0 Å². The lowest BCUT2D eigenvalue weighted by atomic mass is 9.96. The molecular formula is C26H18S2. The first-order chi connectivity index (χ1) is 13.7. The van der Waals surface area contributed by atoms with Crippen molar-refractivity contribution in [3.63, 3.8) is 0 Å². The summed E-state index contributed by atoms with van der Waals surface area (Å²) in [5.74, 6) is 0. The lowest BCUT2D eigenvalue weighted by Gasteiger charge is -2.09. The molecule has 2 heteroatoms. The molecule has 28 heavy (non-hydrogen) atoms. The maximum atomic E-state index is 4.29. The van der Waals surface area contributed by atoms with Crippen LogP contribution in [0.25, 0.3) is 32.7 Å². The van der Waals surface area contributed by atoms with Crippen LogP contribution in [0.4, 0.5) is 0 Å². The van der Waals surface area contributed by atoms with Gasteiger partial charge in [0.05, 0.1) is 0 Å². The number of hydrogen-bond acceptors (Lipinski definition) is 2. The zero-order valence-electron chi connectivity index (χ0n) is 15.3. The van der Waals surface area contributed by atoms with Crippen LogP contribution in [0.5, 0.6) is 0 Å². The van der Waals surface area contributed by atoms with Gasteiger partial charge in [0.2, 0.25) is 0 Å². The fraction of sp³-hybridized carbons (Fsp3) is 0. The summed E-state index contributed by atoms with van der Waals surface area (Å²) in [6.45, 7) is 8.59. The Bertz CT molecular complexity index is 1210. The lowest BCUT2D eigenvalue weighted by Crippen LogP contribution is -1.86. The van der Waals surface area contributed by atoms with Crippen LogP contribution in [0.15, 0.2) is 96.7 Å². The molecule has 0 fully saturated rings. The Kier molecular flexibility index (Phi) is 4.23. The molecule has 0 saturated heterocycles. The molecule has 0 aliphatic carbocycles. The monoisotopic (exact) mass is 394 g/mol. The van der Waals surface area contributed by atoms with E-state index in [2.05, 4.69) is 96.7 Å². The topological polar surface area (TPSA) is 0 Å². The first kappa shape index (κ1) is 17.2. The van der Waals surface area contributed by atoms with Crippen molar-refractivity contribution in [3.8, 4) is 0 Å². The van der Waals surface area contributed by atoms with Gasteiger partial charge in [-0.05, 0) is 91.0 Å². The zero-order chi connectivity index (χ0) is 19.1. The zero-order valence-corrected chi connectivity index (χ0v) is 16.9. The molecule has 0 atom stereocenters. The third kappa shape index (κ3) is 3.01. The molecule has 3 aromatic carbocycles. The number of rotatable bonds is 4. The van der Waals surface area contributed by atoms with Gasteiger partial charge in [-0.25, -0.2) is 0 Å². The highest BCUT2D eigenvalue weighted by Crippen LogP contribution is 2.32. The van der Waals surface area contributed by atoms with Gasteiger partial charge >= 0.3 is 0 Å². The Labute approximate surface area is 172 Å². The predicted octanol–water partition coefficient (Wildman–Crippen LogP) is 8.24. The summed E-state index contributed by atoms with van der Waals surface area (Å²) in [5.41, 5.74) is 4.52. The molecule has 134 valence electrons. The maximum absolute atomic E-state index is 4.29. The average molecular weight is 395 g/mol. The first-order valence-corrected chi connectivity index (χ1v) is 10.9. The van der Waals surface area contributed by atoms with E-state index in [1.54, 1.807) is 22.7 Å². The van der Waals surface area contributed by atoms with Gasteiger partial charge in [0.15, 0.2) is 0 Å². The molecule has 0 N–H and O–H groups in total. The Balaban J connectivity index is 1.57. The number of benzene rings is 3. The molecule has 5 rings (SSSR count). The van der Waals surface area contributed by atoms with Gasteiger partial charge in [0.1, 0.15) is 0 Å². The Morgan fingerprint density at radius 3 is 1.39 bits per heavy atom. The van der Waals surface area contributed by atoms with Crippen LogP contribution in [-0.4, -0.2) is 0 Å². The third-order valence-electron chi connectivity index (χ3n) is 5.13. The highest BCUT2D eigenvalue weighted by atomic mass is 32.1. The smallest absolute Gasteiger partial charge is 0.0342 e. The van der Waals surface area contributed by atoms with Gasteiger partial charge in [0, 0.05) is 9.75 Å². The van der Waals surface area contributed by atoms with E-state index in [4.69, 9.17) is 0 Å². The molecule has 0 saturated carbocycles. The van der Waals surface area contributed by atoms with Crippen LogP contribution in [0.2, 0.25) is 0 Å². The SMILES string of the molecule is C=C(c1ccc2cc3cc(C(=C)c4cccs4)ccc3cc2c1)c1cccs1. The second-order valence-corrected chi connectivity index (χ2v) is 8.78. The maximum Gasteiger partial charge on any atom is 0.0342 e. The summed E-state index contributed by atoms with van der Waals surface area (Å²) >= 11 is 3.46.